The second kappa shape index (κ2) is 11.0. The third kappa shape index (κ3) is 8.71. The van der Waals surface area contributed by atoms with Crippen LogP contribution < -0.4 is 15.4 Å². The fourth-order valence-electron chi connectivity index (χ4n) is 1.64. The first kappa shape index (κ1) is 20.4. The molecule has 0 radical (unpaired) electrons. The molecule has 0 atom stereocenters. The molecular formula is C17H24N2O6. The predicted octanol–water partition coefficient (Wildman–Crippen LogP) is 1.35. The van der Waals surface area contributed by atoms with E-state index >= 15 is 0 Å². The van der Waals surface area contributed by atoms with Crippen molar-refractivity contribution in [2.45, 2.75) is 13.8 Å². The van der Waals surface area contributed by atoms with Crippen molar-refractivity contribution in [2.24, 2.45) is 5.92 Å². The van der Waals surface area contributed by atoms with E-state index in [2.05, 4.69) is 5.32 Å². The second-order valence-electron chi connectivity index (χ2n) is 5.60. The highest BCUT2D eigenvalue weighted by atomic mass is 16.5. The summed E-state index contributed by atoms with van der Waals surface area (Å²) in [5.41, 5.74) is 0.286. The van der Waals surface area contributed by atoms with Crippen LogP contribution in [0.1, 0.15) is 24.2 Å². The Balaban J connectivity index is 2.35. The van der Waals surface area contributed by atoms with Crippen LogP contribution in [0.3, 0.4) is 0 Å². The number of nitrogens with one attached hydrogen (secondary N) is 2. The first-order valence-electron chi connectivity index (χ1n) is 7.89. The molecule has 0 saturated carbocycles. The fourth-order valence-corrected chi connectivity index (χ4v) is 1.64. The molecule has 2 N–H and O–H groups in total. The SMILES string of the molecule is COCCNC(=O)NC(=O)COC(=O)c1ccc(OCC(C)C)cc1. The number of hydrogen-bond acceptors (Lipinski definition) is 6. The van der Waals surface area contributed by atoms with E-state index in [1.54, 1.807) is 24.3 Å². The molecule has 0 unspecified atom stereocenters. The van der Waals surface area contributed by atoms with Crippen LogP contribution in [-0.4, -0.2) is 51.4 Å². The van der Waals surface area contributed by atoms with Crippen molar-refractivity contribution >= 4 is 17.9 Å². The first-order chi connectivity index (χ1) is 11.9. The van der Waals surface area contributed by atoms with Crippen molar-refractivity contribution in [1.82, 2.24) is 10.6 Å². The van der Waals surface area contributed by atoms with E-state index in [0.717, 1.165) is 0 Å². The number of benzene rings is 1. The van der Waals surface area contributed by atoms with Gasteiger partial charge in [-0.05, 0) is 30.2 Å². The highest BCUT2D eigenvalue weighted by Crippen LogP contribution is 2.13. The molecule has 8 heteroatoms. The Labute approximate surface area is 146 Å². The van der Waals surface area contributed by atoms with Gasteiger partial charge in [0, 0.05) is 13.7 Å². The maximum atomic E-state index is 11.9. The molecule has 0 aliphatic carbocycles. The highest BCUT2D eigenvalue weighted by molar-refractivity contribution is 5.97. The molecule has 0 spiro atoms. The van der Waals surface area contributed by atoms with Gasteiger partial charge in [-0.1, -0.05) is 13.8 Å². The maximum absolute atomic E-state index is 11.9. The lowest BCUT2D eigenvalue weighted by Gasteiger charge is -2.09. The summed E-state index contributed by atoms with van der Waals surface area (Å²) in [5, 5.41) is 4.45. The maximum Gasteiger partial charge on any atom is 0.338 e. The van der Waals surface area contributed by atoms with E-state index in [9.17, 15) is 14.4 Å². The number of ether oxygens (including phenoxy) is 3. The van der Waals surface area contributed by atoms with Gasteiger partial charge >= 0.3 is 12.0 Å². The number of methoxy groups -OCH3 is 1. The molecule has 0 fully saturated rings. The van der Waals surface area contributed by atoms with Gasteiger partial charge in [-0.2, -0.15) is 0 Å². The summed E-state index contributed by atoms with van der Waals surface area (Å²) < 4.78 is 15.1. The Morgan fingerprint density at radius 1 is 1.12 bits per heavy atom. The molecule has 0 saturated heterocycles. The Bertz CT molecular complexity index is 571. The Kier molecular flexibility index (Phi) is 9.02. The van der Waals surface area contributed by atoms with Crippen molar-refractivity contribution in [3.8, 4) is 5.75 Å². The lowest BCUT2D eigenvalue weighted by atomic mass is 10.2. The van der Waals surface area contributed by atoms with Gasteiger partial charge in [0.2, 0.25) is 0 Å². The molecule has 0 heterocycles. The van der Waals surface area contributed by atoms with Gasteiger partial charge in [0.25, 0.3) is 5.91 Å². The molecule has 1 aromatic rings. The van der Waals surface area contributed by atoms with Crippen LogP contribution in [0.25, 0.3) is 0 Å². The topological polar surface area (TPSA) is 103 Å². The van der Waals surface area contributed by atoms with Gasteiger partial charge in [-0.25, -0.2) is 9.59 Å². The van der Waals surface area contributed by atoms with Crippen LogP contribution in [0, 0.1) is 5.92 Å². The summed E-state index contributed by atoms with van der Waals surface area (Å²) in [7, 11) is 1.49. The van der Waals surface area contributed by atoms with Crippen LogP contribution in [0.2, 0.25) is 0 Å². The quantitative estimate of drug-likeness (QED) is 0.514. The minimum atomic E-state index is -0.722. The standard InChI is InChI=1S/C17H24N2O6/c1-12(2)10-24-14-6-4-13(5-7-14)16(21)25-11-15(20)19-17(22)18-8-9-23-3/h4-7,12H,8-11H2,1-3H3,(H2,18,19,20,22). The van der Waals surface area contributed by atoms with Crippen LogP contribution in [0.4, 0.5) is 4.79 Å². The van der Waals surface area contributed by atoms with Gasteiger partial charge in [0.15, 0.2) is 6.61 Å². The van der Waals surface area contributed by atoms with Crippen molar-refractivity contribution in [2.75, 3.05) is 33.5 Å². The van der Waals surface area contributed by atoms with E-state index in [1.165, 1.54) is 7.11 Å². The number of amides is 3. The molecule has 1 aromatic carbocycles. The third-order valence-electron chi connectivity index (χ3n) is 2.85. The fraction of sp³-hybridized carbons (Fsp3) is 0.471. The van der Waals surface area contributed by atoms with E-state index in [0.29, 0.717) is 24.9 Å². The average molecular weight is 352 g/mol. The predicted molar refractivity (Wildman–Crippen MR) is 90.5 cm³/mol. The minimum Gasteiger partial charge on any atom is -0.493 e. The van der Waals surface area contributed by atoms with Crippen molar-refractivity contribution in [1.29, 1.82) is 0 Å². The number of esters is 1. The first-order valence-corrected chi connectivity index (χ1v) is 7.89. The molecule has 0 aliphatic rings. The Morgan fingerprint density at radius 2 is 1.80 bits per heavy atom. The number of urea groups is 1. The number of imide groups is 1. The minimum absolute atomic E-state index is 0.265. The second-order valence-corrected chi connectivity index (χ2v) is 5.60. The largest absolute Gasteiger partial charge is 0.493 e. The van der Waals surface area contributed by atoms with Crippen molar-refractivity contribution < 1.29 is 28.6 Å². The number of carbonyl (C=O) groups excluding carboxylic acids is 3. The lowest BCUT2D eigenvalue weighted by Crippen LogP contribution is -2.42. The van der Waals surface area contributed by atoms with Crippen molar-refractivity contribution in [3.05, 3.63) is 29.8 Å². The van der Waals surface area contributed by atoms with E-state index in [-0.39, 0.29) is 12.1 Å². The van der Waals surface area contributed by atoms with Crippen LogP contribution in [0.5, 0.6) is 5.75 Å². The lowest BCUT2D eigenvalue weighted by molar-refractivity contribution is -0.123. The van der Waals surface area contributed by atoms with Crippen LogP contribution in [0.15, 0.2) is 24.3 Å². The van der Waals surface area contributed by atoms with Crippen LogP contribution in [-0.2, 0) is 14.3 Å². The molecule has 0 aliphatic heterocycles. The zero-order chi connectivity index (χ0) is 18.7. The van der Waals surface area contributed by atoms with Gasteiger partial charge in [-0.15, -0.1) is 0 Å². The summed E-state index contributed by atoms with van der Waals surface area (Å²) in [4.78, 5) is 34.7. The molecule has 1 rings (SSSR count). The monoisotopic (exact) mass is 352 g/mol. The van der Waals surface area contributed by atoms with E-state index in [1.807, 2.05) is 19.2 Å². The average Bonchev–Trinajstić information content (AvgIpc) is 2.58. The zero-order valence-electron chi connectivity index (χ0n) is 14.7. The van der Waals surface area contributed by atoms with Crippen LogP contribution >= 0.6 is 0 Å². The zero-order valence-corrected chi connectivity index (χ0v) is 14.7. The number of hydrogen-bond donors (Lipinski definition) is 2. The number of carbonyl (C=O) groups is 3. The summed E-state index contributed by atoms with van der Waals surface area (Å²) in [6, 6.07) is 5.73. The summed E-state index contributed by atoms with van der Waals surface area (Å²) in [6.45, 7) is 4.69. The third-order valence-corrected chi connectivity index (χ3v) is 2.85. The van der Waals surface area contributed by atoms with Gasteiger partial charge in [-0.3, -0.25) is 10.1 Å². The molecule has 0 bridgehead atoms. The molecule has 3 amide bonds. The summed E-state index contributed by atoms with van der Waals surface area (Å²) in [5.74, 6) is -0.337. The van der Waals surface area contributed by atoms with Gasteiger partial charge in [0.1, 0.15) is 5.75 Å². The Hall–Kier alpha value is -2.61. The van der Waals surface area contributed by atoms with Gasteiger partial charge in [0.05, 0.1) is 18.8 Å². The van der Waals surface area contributed by atoms with Gasteiger partial charge < -0.3 is 19.5 Å². The molecule has 0 aromatic heterocycles. The molecule has 138 valence electrons. The normalized spacial score (nSPS) is 10.2. The van der Waals surface area contributed by atoms with Crippen molar-refractivity contribution in [3.63, 3.8) is 0 Å². The molecule has 25 heavy (non-hydrogen) atoms. The molecular weight excluding hydrogens is 328 g/mol. The van der Waals surface area contributed by atoms with E-state index in [4.69, 9.17) is 14.2 Å². The molecule has 8 nitrogen and oxygen atoms in total. The highest BCUT2D eigenvalue weighted by Gasteiger charge is 2.12. The number of rotatable bonds is 9. The Morgan fingerprint density at radius 3 is 2.40 bits per heavy atom. The smallest absolute Gasteiger partial charge is 0.338 e. The van der Waals surface area contributed by atoms with E-state index < -0.39 is 24.5 Å². The summed E-state index contributed by atoms with van der Waals surface area (Å²) in [6.07, 6.45) is 0. The summed E-state index contributed by atoms with van der Waals surface area (Å²) >= 11 is 0.